The summed E-state index contributed by atoms with van der Waals surface area (Å²) < 4.78 is 27.6. The van der Waals surface area contributed by atoms with Crippen molar-refractivity contribution < 1.29 is 8.78 Å². The maximum Gasteiger partial charge on any atom is 0.182 e. The lowest BCUT2D eigenvalue weighted by Gasteiger charge is -2.29. The Hall–Kier alpha value is -1.27. The van der Waals surface area contributed by atoms with E-state index in [1.165, 1.54) is 12.1 Å². The number of anilines is 1. The van der Waals surface area contributed by atoms with Crippen LogP contribution in [0.15, 0.2) is 12.1 Å². The zero-order valence-corrected chi connectivity index (χ0v) is 13.1. The molecule has 0 unspecified atom stereocenters. The molecule has 0 saturated heterocycles. The molecular formula is C14H21F2N3S. The SMILES string of the molecule is CN(C)CC(C)(C)CNc1ccc(C(N)=S)c(F)c1F. The van der Waals surface area contributed by atoms with Crippen LogP contribution in [0.25, 0.3) is 0 Å². The summed E-state index contributed by atoms with van der Waals surface area (Å²) in [5.41, 5.74) is 5.30. The van der Waals surface area contributed by atoms with Crippen molar-refractivity contribution in [3.63, 3.8) is 0 Å². The first-order valence-electron chi connectivity index (χ1n) is 6.30. The van der Waals surface area contributed by atoms with Gasteiger partial charge in [-0.3, -0.25) is 0 Å². The molecule has 112 valence electrons. The van der Waals surface area contributed by atoms with Gasteiger partial charge in [0.2, 0.25) is 0 Å². The molecule has 0 bridgehead atoms. The molecule has 0 aliphatic heterocycles. The van der Waals surface area contributed by atoms with Crippen LogP contribution in [0.5, 0.6) is 0 Å². The first-order chi connectivity index (χ1) is 9.14. The monoisotopic (exact) mass is 301 g/mol. The molecule has 0 aliphatic carbocycles. The number of nitrogens with two attached hydrogens (primary N) is 1. The number of rotatable bonds is 6. The van der Waals surface area contributed by atoms with Crippen molar-refractivity contribution in [1.29, 1.82) is 0 Å². The van der Waals surface area contributed by atoms with E-state index in [1.807, 2.05) is 14.1 Å². The van der Waals surface area contributed by atoms with Crippen LogP contribution in [0.4, 0.5) is 14.5 Å². The average Bonchev–Trinajstić information content (AvgIpc) is 2.29. The van der Waals surface area contributed by atoms with E-state index in [9.17, 15) is 8.78 Å². The summed E-state index contributed by atoms with van der Waals surface area (Å²) in [6.07, 6.45) is 0. The maximum absolute atomic E-state index is 13.9. The Labute approximate surface area is 124 Å². The Morgan fingerprint density at radius 3 is 2.40 bits per heavy atom. The third-order valence-corrected chi connectivity index (χ3v) is 3.07. The number of hydrogen-bond acceptors (Lipinski definition) is 3. The molecule has 0 aromatic heterocycles. The quantitative estimate of drug-likeness (QED) is 0.793. The van der Waals surface area contributed by atoms with Crippen molar-refractivity contribution in [3.05, 3.63) is 29.3 Å². The molecule has 0 saturated carbocycles. The molecular weight excluding hydrogens is 280 g/mol. The van der Waals surface area contributed by atoms with E-state index in [0.717, 1.165) is 6.54 Å². The predicted octanol–water partition coefficient (Wildman–Crippen LogP) is 2.60. The van der Waals surface area contributed by atoms with Gasteiger partial charge in [0.25, 0.3) is 0 Å². The van der Waals surface area contributed by atoms with Crippen molar-refractivity contribution in [2.75, 3.05) is 32.5 Å². The zero-order valence-electron chi connectivity index (χ0n) is 12.3. The molecule has 3 nitrogen and oxygen atoms in total. The standard InChI is InChI=1S/C14H21F2N3S/c1-14(2,8-19(3)4)7-18-10-6-5-9(13(17)20)11(15)12(10)16/h5-6,18H,7-8H2,1-4H3,(H2,17,20). The van der Waals surface area contributed by atoms with Crippen molar-refractivity contribution in [1.82, 2.24) is 4.90 Å². The molecule has 1 rings (SSSR count). The summed E-state index contributed by atoms with van der Waals surface area (Å²) in [7, 11) is 3.94. The molecule has 1 aromatic rings. The Bertz CT molecular complexity index is 501. The van der Waals surface area contributed by atoms with Crippen molar-refractivity contribution >= 4 is 22.9 Å². The molecule has 0 aliphatic rings. The van der Waals surface area contributed by atoms with Crippen molar-refractivity contribution in [2.45, 2.75) is 13.8 Å². The minimum Gasteiger partial charge on any atom is -0.389 e. The van der Waals surface area contributed by atoms with Gasteiger partial charge in [-0.15, -0.1) is 0 Å². The summed E-state index contributed by atoms with van der Waals surface area (Å²) in [6, 6.07) is 2.85. The number of benzene rings is 1. The number of nitrogens with one attached hydrogen (secondary N) is 1. The minimum absolute atomic E-state index is 0.0735. The van der Waals surface area contributed by atoms with E-state index >= 15 is 0 Å². The smallest absolute Gasteiger partial charge is 0.182 e. The summed E-state index contributed by atoms with van der Waals surface area (Å²) in [5.74, 6) is -1.95. The molecule has 0 atom stereocenters. The lowest BCUT2D eigenvalue weighted by molar-refractivity contribution is 0.254. The van der Waals surface area contributed by atoms with Gasteiger partial charge in [0.05, 0.1) is 5.69 Å². The van der Waals surface area contributed by atoms with E-state index in [4.69, 9.17) is 5.73 Å². The van der Waals surface area contributed by atoms with Crippen LogP contribution in [0, 0.1) is 17.0 Å². The minimum atomic E-state index is -1.01. The Morgan fingerprint density at radius 2 is 1.90 bits per heavy atom. The molecule has 6 heteroatoms. The second kappa shape index (κ2) is 6.45. The van der Waals surface area contributed by atoms with Crippen LogP contribution in [0.1, 0.15) is 19.4 Å². The third-order valence-electron chi connectivity index (χ3n) is 2.85. The zero-order chi connectivity index (χ0) is 15.5. The fourth-order valence-corrected chi connectivity index (χ4v) is 2.28. The van der Waals surface area contributed by atoms with Gasteiger partial charge in [-0.25, -0.2) is 8.78 Å². The van der Waals surface area contributed by atoms with Crippen LogP contribution in [-0.2, 0) is 0 Å². The highest BCUT2D eigenvalue weighted by Gasteiger charge is 2.21. The van der Waals surface area contributed by atoms with E-state index in [-0.39, 0.29) is 21.7 Å². The summed E-state index contributed by atoms with van der Waals surface area (Å²) >= 11 is 4.67. The maximum atomic E-state index is 13.9. The molecule has 0 spiro atoms. The third kappa shape index (κ3) is 4.38. The predicted molar refractivity (Wildman–Crippen MR) is 83.1 cm³/mol. The normalized spacial score (nSPS) is 11.8. The number of hydrogen-bond donors (Lipinski definition) is 2. The van der Waals surface area contributed by atoms with Crippen LogP contribution < -0.4 is 11.1 Å². The Balaban J connectivity index is 2.85. The van der Waals surface area contributed by atoms with Crippen LogP contribution in [-0.4, -0.2) is 37.1 Å². The van der Waals surface area contributed by atoms with Gasteiger partial charge in [0.15, 0.2) is 11.6 Å². The first-order valence-corrected chi connectivity index (χ1v) is 6.71. The van der Waals surface area contributed by atoms with Gasteiger partial charge in [0.1, 0.15) is 4.99 Å². The van der Waals surface area contributed by atoms with Crippen LogP contribution in [0.3, 0.4) is 0 Å². The largest absolute Gasteiger partial charge is 0.389 e. The fraction of sp³-hybridized carbons (Fsp3) is 0.500. The molecule has 0 amide bonds. The molecule has 0 fully saturated rings. The summed E-state index contributed by atoms with van der Waals surface area (Å²) in [4.78, 5) is 1.90. The van der Waals surface area contributed by atoms with E-state index in [1.54, 1.807) is 0 Å². The molecule has 1 aromatic carbocycles. The van der Waals surface area contributed by atoms with Gasteiger partial charge in [-0.2, -0.15) is 0 Å². The molecule has 0 radical (unpaired) electrons. The second-order valence-electron chi connectivity index (χ2n) is 5.91. The molecule has 0 heterocycles. The Morgan fingerprint density at radius 1 is 1.30 bits per heavy atom. The molecule has 20 heavy (non-hydrogen) atoms. The van der Waals surface area contributed by atoms with E-state index in [0.29, 0.717) is 6.54 Å². The summed E-state index contributed by atoms with van der Waals surface area (Å²) in [6.45, 7) is 5.46. The number of nitrogens with zero attached hydrogens (tertiary/aromatic N) is 1. The number of thiocarbonyl (C=S) groups is 1. The van der Waals surface area contributed by atoms with Crippen molar-refractivity contribution in [3.8, 4) is 0 Å². The first kappa shape index (κ1) is 16.8. The van der Waals surface area contributed by atoms with E-state index < -0.39 is 11.6 Å². The fourth-order valence-electron chi connectivity index (χ4n) is 2.12. The highest BCUT2D eigenvalue weighted by molar-refractivity contribution is 7.80. The van der Waals surface area contributed by atoms with Crippen LogP contribution in [0.2, 0.25) is 0 Å². The van der Waals surface area contributed by atoms with Gasteiger partial charge < -0.3 is 16.0 Å². The highest BCUT2D eigenvalue weighted by atomic mass is 32.1. The van der Waals surface area contributed by atoms with Gasteiger partial charge in [-0.1, -0.05) is 26.1 Å². The topological polar surface area (TPSA) is 41.3 Å². The van der Waals surface area contributed by atoms with E-state index in [2.05, 4.69) is 36.3 Å². The summed E-state index contributed by atoms with van der Waals surface area (Å²) in [5, 5.41) is 2.94. The van der Waals surface area contributed by atoms with Gasteiger partial charge >= 0.3 is 0 Å². The second-order valence-corrected chi connectivity index (χ2v) is 6.35. The Kier molecular flexibility index (Phi) is 5.42. The van der Waals surface area contributed by atoms with Gasteiger partial charge in [0, 0.05) is 18.7 Å². The van der Waals surface area contributed by atoms with Crippen molar-refractivity contribution in [2.24, 2.45) is 11.1 Å². The van der Waals surface area contributed by atoms with Gasteiger partial charge in [-0.05, 0) is 31.6 Å². The highest BCUT2D eigenvalue weighted by Crippen LogP contribution is 2.23. The number of halogens is 2. The average molecular weight is 301 g/mol. The molecule has 3 N–H and O–H groups in total. The van der Waals surface area contributed by atoms with Crippen LogP contribution >= 0.6 is 12.2 Å². The lowest BCUT2D eigenvalue weighted by Crippen LogP contribution is -2.34. The lowest BCUT2D eigenvalue weighted by atomic mass is 9.93.